The minimum Gasteiger partial charge on any atom is -0.375 e. The number of fused-ring (bicyclic) bond motifs is 2. The number of para-hydroxylation sites is 1. The Morgan fingerprint density at radius 3 is 2.63 bits per heavy atom. The standard InChI is InChI=1S/C23H23NO3/c1-15(2)14-24-20-10-6-5-9-19(20)23(27,22(24)26)13-21(25)18-12-11-16-7-3-4-8-17(16)18/h3-10,12,15,27H,11,13-14H2,1-2H3. The van der Waals surface area contributed by atoms with E-state index in [0.29, 0.717) is 29.8 Å². The van der Waals surface area contributed by atoms with Gasteiger partial charge in [-0.2, -0.15) is 0 Å². The molecular formula is C23H23NO3. The predicted octanol–water partition coefficient (Wildman–Crippen LogP) is 3.48. The minimum absolute atomic E-state index is 0.197. The van der Waals surface area contributed by atoms with Gasteiger partial charge in [0.15, 0.2) is 11.4 Å². The van der Waals surface area contributed by atoms with Crippen molar-refractivity contribution in [3.8, 4) is 0 Å². The van der Waals surface area contributed by atoms with Crippen molar-refractivity contribution in [3.05, 3.63) is 71.3 Å². The van der Waals surface area contributed by atoms with Gasteiger partial charge in [-0.15, -0.1) is 0 Å². The van der Waals surface area contributed by atoms with Crippen molar-refractivity contribution in [1.29, 1.82) is 0 Å². The fourth-order valence-corrected chi connectivity index (χ4v) is 4.10. The molecule has 1 aliphatic carbocycles. The smallest absolute Gasteiger partial charge is 0.264 e. The summed E-state index contributed by atoms with van der Waals surface area (Å²) in [5, 5.41) is 11.3. The van der Waals surface area contributed by atoms with Gasteiger partial charge in [-0.25, -0.2) is 0 Å². The molecule has 1 aliphatic heterocycles. The summed E-state index contributed by atoms with van der Waals surface area (Å²) in [7, 11) is 0. The Morgan fingerprint density at radius 1 is 1.15 bits per heavy atom. The van der Waals surface area contributed by atoms with Crippen molar-refractivity contribution in [1.82, 2.24) is 0 Å². The molecule has 1 unspecified atom stereocenters. The molecule has 0 fully saturated rings. The summed E-state index contributed by atoms with van der Waals surface area (Å²) >= 11 is 0. The Bertz CT molecular complexity index is 960. The largest absolute Gasteiger partial charge is 0.375 e. The molecule has 4 nitrogen and oxygen atoms in total. The number of hydrogen-bond acceptors (Lipinski definition) is 3. The molecule has 138 valence electrons. The highest BCUT2D eigenvalue weighted by Gasteiger charge is 2.51. The number of benzene rings is 2. The number of nitrogens with zero attached hydrogens (tertiary/aromatic N) is 1. The molecule has 4 heteroatoms. The van der Waals surface area contributed by atoms with Gasteiger partial charge in [0.2, 0.25) is 0 Å². The molecule has 2 aromatic rings. The predicted molar refractivity (Wildman–Crippen MR) is 105 cm³/mol. The quantitative estimate of drug-likeness (QED) is 0.887. The van der Waals surface area contributed by atoms with E-state index in [0.717, 1.165) is 11.1 Å². The van der Waals surface area contributed by atoms with Gasteiger partial charge in [-0.05, 0) is 29.5 Å². The molecule has 27 heavy (non-hydrogen) atoms. The van der Waals surface area contributed by atoms with Gasteiger partial charge in [0.05, 0.1) is 12.1 Å². The van der Waals surface area contributed by atoms with Gasteiger partial charge < -0.3 is 10.0 Å². The minimum atomic E-state index is -1.80. The molecular weight excluding hydrogens is 338 g/mol. The number of carbonyl (C=O) groups is 2. The van der Waals surface area contributed by atoms with Crippen LogP contribution in [0, 0.1) is 5.92 Å². The average molecular weight is 361 g/mol. The molecule has 1 atom stereocenters. The first kappa shape index (κ1) is 17.7. The Kier molecular flexibility index (Phi) is 4.23. The lowest BCUT2D eigenvalue weighted by Gasteiger charge is -2.24. The van der Waals surface area contributed by atoms with Crippen LogP contribution in [0.4, 0.5) is 5.69 Å². The summed E-state index contributed by atoms with van der Waals surface area (Å²) in [4.78, 5) is 27.8. The van der Waals surface area contributed by atoms with Gasteiger partial charge in [-0.1, -0.05) is 62.4 Å². The first-order valence-corrected chi connectivity index (χ1v) is 9.37. The lowest BCUT2D eigenvalue weighted by atomic mass is 9.87. The highest BCUT2D eigenvalue weighted by atomic mass is 16.3. The second kappa shape index (κ2) is 6.46. The summed E-state index contributed by atoms with van der Waals surface area (Å²) in [6.45, 7) is 4.56. The number of aliphatic hydroxyl groups is 1. The van der Waals surface area contributed by atoms with Crippen LogP contribution in [0.25, 0.3) is 5.57 Å². The number of amides is 1. The molecule has 2 aliphatic rings. The Balaban J connectivity index is 1.67. The second-order valence-corrected chi connectivity index (χ2v) is 7.77. The van der Waals surface area contributed by atoms with E-state index >= 15 is 0 Å². The normalized spacial score (nSPS) is 20.7. The third kappa shape index (κ3) is 2.81. The maximum absolute atomic E-state index is 13.1. The van der Waals surface area contributed by atoms with Gasteiger partial charge in [0.25, 0.3) is 5.91 Å². The van der Waals surface area contributed by atoms with E-state index in [1.165, 1.54) is 0 Å². The molecule has 1 amide bonds. The first-order chi connectivity index (χ1) is 12.9. The van der Waals surface area contributed by atoms with E-state index in [-0.39, 0.29) is 18.1 Å². The second-order valence-electron chi connectivity index (χ2n) is 7.77. The van der Waals surface area contributed by atoms with Crippen molar-refractivity contribution in [2.24, 2.45) is 5.92 Å². The lowest BCUT2D eigenvalue weighted by Crippen LogP contribution is -2.43. The van der Waals surface area contributed by atoms with E-state index in [4.69, 9.17) is 0 Å². The average Bonchev–Trinajstić information content (AvgIpc) is 3.16. The Hall–Kier alpha value is -2.72. The zero-order valence-electron chi connectivity index (χ0n) is 15.6. The lowest BCUT2D eigenvalue weighted by molar-refractivity contribution is -0.140. The van der Waals surface area contributed by atoms with E-state index in [1.54, 1.807) is 17.0 Å². The molecule has 0 bridgehead atoms. The monoisotopic (exact) mass is 361 g/mol. The van der Waals surface area contributed by atoms with Gasteiger partial charge in [-0.3, -0.25) is 9.59 Å². The molecule has 0 spiro atoms. The number of anilines is 1. The highest BCUT2D eigenvalue weighted by Crippen LogP contribution is 2.44. The summed E-state index contributed by atoms with van der Waals surface area (Å²) in [6.07, 6.45) is 2.37. The molecule has 0 saturated carbocycles. The summed E-state index contributed by atoms with van der Waals surface area (Å²) in [6, 6.07) is 15.0. The number of carbonyl (C=O) groups excluding carboxylic acids is 2. The summed E-state index contributed by atoms with van der Waals surface area (Å²) in [5.41, 5.74) is 2.03. The summed E-state index contributed by atoms with van der Waals surface area (Å²) in [5.74, 6) is -0.348. The van der Waals surface area contributed by atoms with Gasteiger partial charge in [0.1, 0.15) is 0 Å². The molecule has 0 radical (unpaired) electrons. The number of allylic oxidation sites excluding steroid dienone is 2. The van der Waals surface area contributed by atoms with Crippen LogP contribution in [0.1, 0.15) is 37.0 Å². The highest BCUT2D eigenvalue weighted by molar-refractivity contribution is 6.24. The number of ketones is 1. The van der Waals surface area contributed by atoms with Crippen LogP contribution in [0.5, 0.6) is 0 Å². The third-order valence-corrected chi connectivity index (χ3v) is 5.34. The maximum atomic E-state index is 13.1. The molecule has 2 aromatic carbocycles. The molecule has 4 rings (SSSR count). The first-order valence-electron chi connectivity index (χ1n) is 9.37. The van der Waals surface area contributed by atoms with Crippen molar-refractivity contribution in [2.75, 3.05) is 11.4 Å². The molecule has 0 aromatic heterocycles. The van der Waals surface area contributed by atoms with E-state index in [9.17, 15) is 14.7 Å². The van der Waals surface area contributed by atoms with E-state index in [2.05, 4.69) is 0 Å². The van der Waals surface area contributed by atoms with Crippen LogP contribution in [-0.4, -0.2) is 23.3 Å². The van der Waals surface area contributed by atoms with Gasteiger partial charge in [0, 0.05) is 17.7 Å². The van der Waals surface area contributed by atoms with Crippen molar-refractivity contribution in [2.45, 2.75) is 32.3 Å². The maximum Gasteiger partial charge on any atom is 0.264 e. The van der Waals surface area contributed by atoms with Crippen LogP contribution in [-0.2, 0) is 21.6 Å². The fraction of sp³-hybridized carbons (Fsp3) is 0.304. The zero-order chi connectivity index (χ0) is 19.2. The number of rotatable bonds is 5. The molecule has 1 heterocycles. The summed E-state index contributed by atoms with van der Waals surface area (Å²) < 4.78 is 0. The molecule has 1 N–H and O–H groups in total. The Labute approximate surface area is 159 Å². The third-order valence-electron chi connectivity index (χ3n) is 5.34. The van der Waals surface area contributed by atoms with Crippen LogP contribution in [0.2, 0.25) is 0 Å². The topological polar surface area (TPSA) is 57.6 Å². The van der Waals surface area contributed by atoms with E-state index in [1.807, 2.05) is 56.3 Å². The van der Waals surface area contributed by atoms with Crippen molar-refractivity contribution < 1.29 is 14.7 Å². The number of Topliss-reactive ketones (excluding diaryl/α,β-unsaturated/α-hetero) is 1. The van der Waals surface area contributed by atoms with Crippen LogP contribution < -0.4 is 4.90 Å². The van der Waals surface area contributed by atoms with E-state index < -0.39 is 11.5 Å². The van der Waals surface area contributed by atoms with Crippen molar-refractivity contribution in [3.63, 3.8) is 0 Å². The number of hydrogen-bond donors (Lipinski definition) is 1. The molecule has 0 saturated heterocycles. The van der Waals surface area contributed by atoms with Gasteiger partial charge >= 0.3 is 0 Å². The van der Waals surface area contributed by atoms with Crippen LogP contribution in [0.15, 0.2) is 54.6 Å². The van der Waals surface area contributed by atoms with Crippen molar-refractivity contribution >= 4 is 23.0 Å². The fourth-order valence-electron chi connectivity index (χ4n) is 4.10. The van der Waals surface area contributed by atoms with Crippen LogP contribution >= 0.6 is 0 Å². The SMILES string of the molecule is CC(C)CN1C(=O)C(O)(CC(=O)C2=CCc3ccccc32)c2ccccc21. The zero-order valence-corrected chi connectivity index (χ0v) is 15.6. The Morgan fingerprint density at radius 2 is 1.85 bits per heavy atom. The van der Waals surface area contributed by atoms with Crippen LogP contribution in [0.3, 0.4) is 0 Å².